The van der Waals surface area contributed by atoms with Crippen molar-refractivity contribution in [3.05, 3.63) is 59.7 Å². The molecule has 7 heteroatoms. The Morgan fingerprint density at radius 1 is 1.12 bits per heavy atom. The molecule has 7 nitrogen and oxygen atoms in total. The molecule has 0 spiro atoms. The normalized spacial score (nSPS) is 23.7. The van der Waals surface area contributed by atoms with Crippen LogP contribution in [-0.4, -0.2) is 53.7 Å². The molecule has 2 fully saturated rings. The van der Waals surface area contributed by atoms with Gasteiger partial charge >= 0.3 is 12.1 Å². The molecular formula is C25H26N2O5. The molecule has 0 bridgehead atoms. The SMILES string of the molecule is CCC(NC(=O)OCC1c2ccccc2-c2ccccc21)C(=O)N1CC2CC2(C(=O)O)C1. The molecule has 32 heavy (non-hydrogen) atoms. The fraction of sp³-hybridized carbons (Fsp3) is 0.400. The molecule has 5 rings (SSSR count). The lowest BCUT2D eigenvalue weighted by atomic mass is 9.98. The van der Waals surface area contributed by atoms with Gasteiger partial charge in [0.25, 0.3) is 0 Å². The Balaban J connectivity index is 1.21. The highest BCUT2D eigenvalue weighted by molar-refractivity contribution is 5.88. The van der Waals surface area contributed by atoms with Crippen molar-refractivity contribution in [3.8, 4) is 11.1 Å². The van der Waals surface area contributed by atoms with E-state index in [1.807, 2.05) is 31.2 Å². The number of ether oxygens (including phenoxy) is 1. The van der Waals surface area contributed by atoms with Crippen molar-refractivity contribution >= 4 is 18.0 Å². The molecule has 2 aliphatic carbocycles. The number of fused-ring (bicyclic) bond motifs is 4. The quantitative estimate of drug-likeness (QED) is 0.728. The molecule has 1 saturated heterocycles. The van der Waals surface area contributed by atoms with Crippen molar-refractivity contribution in [2.75, 3.05) is 19.7 Å². The summed E-state index contributed by atoms with van der Waals surface area (Å²) in [5, 5.41) is 12.1. The zero-order chi connectivity index (χ0) is 22.5. The predicted molar refractivity (Wildman–Crippen MR) is 117 cm³/mol. The number of carbonyl (C=O) groups excluding carboxylic acids is 2. The molecule has 2 aromatic carbocycles. The zero-order valence-corrected chi connectivity index (χ0v) is 17.9. The summed E-state index contributed by atoms with van der Waals surface area (Å²) in [6.45, 7) is 2.65. The van der Waals surface area contributed by atoms with Gasteiger partial charge in [-0.25, -0.2) is 4.79 Å². The molecule has 1 aliphatic heterocycles. The highest BCUT2D eigenvalue weighted by Gasteiger charge is 2.66. The van der Waals surface area contributed by atoms with Gasteiger partial charge in [0.15, 0.2) is 0 Å². The van der Waals surface area contributed by atoms with Crippen molar-refractivity contribution in [3.63, 3.8) is 0 Å². The number of aliphatic carboxylic acids is 1. The number of alkyl carbamates (subject to hydrolysis) is 1. The summed E-state index contributed by atoms with van der Waals surface area (Å²) in [6.07, 6.45) is 0.400. The monoisotopic (exact) mass is 434 g/mol. The molecular weight excluding hydrogens is 408 g/mol. The smallest absolute Gasteiger partial charge is 0.407 e. The maximum Gasteiger partial charge on any atom is 0.407 e. The van der Waals surface area contributed by atoms with E-state index in [-0.39, 0.29) is 30.9 Å². The lowest BCUT2D eigenvalue weighted by Gasteiger charge is -2.25. The van der Waals surface area contributed by atoms with Crippen LogP contribution in [0.5, 0.6) is 0 Å². The first-order valence-corrected chi connectivity index (χ1v) is 11.1. The topological polar surface area (TPSA) is 95.9 Å². The lowest BCUT2D eigenvalue weighted by Crippen LogP contribution is -2.49. The summed E-state index contributed by atoms with van der Waals surface area (Å²) in [5.74, 6) is -1.11. The van der Waals surface area contributed by atoms with E-state index < -0.39 is 23.5 Å². The molecule has 3 aliphatic rings. The van der Waals surface area contributed by atoms with E-state index in [4.69, 9.17) is 4.74 Å². The Labute approximate surface area is 186 Å². The average molecular weight is 434 g/mol. The minimum atomic E-state index is -0.838. The van der Waals surface area contributed by atoms with Crippen molar-refractivity contribution in [1.29, 1.82) is 0 Å². The Hall–Kier alpha value is -3.35. The van der Waals surface area contributed by atoms with Crippen LogP contribution in [0.3, 0.4) is 0 Å². The van der Waals surface area contributed by atoms with Crippen LogP contribution in [-0.2, 0) is 14.3 Å². The van der Waals surface area contributed by atoms with Gasteiger partial charge in [0.05, 0.1) is 5.41 Å². The van der Waals surface area contributed by atoms with E-state index in [2.05, 4.69) is 29.6 Å². The van der Waals surface area contributed by atoms with Crippen molar-refractivity contribution in [2.24, 2.45) is 11.3 Å². The molecule has 0 radical (unpaired) electrons. The standard InChI is InChI=1S/C25H26N2O5/c1-2-21(22(28)27-12-15-11-25(15,14-27)23(29)30)26-24(31)32-13-20-18-9-5-3-7-16(18)17-8-4-6-10-19(17)20/h3-10,15,20-21H,2,11-14H2,1H3,(H,26,31)(H,29,30). The van der Waals surface area contributed by atoms with Crippen LogP contribution in [0.1, 0.15) is 36.8 Å². The number of rotatable bonds is 6. The van der Waals surface area contributed by atoms with Crippen LogP contribution in [0.25, 0.3) is 11.1 Å². The third kappa shape index (κ3) is 3.23. The maximum absolute atomic E-state index is 12.9. The molecule has 2 amide bonds. The summed E-state index contributed by atoms with van der Waals surface area (Å²) < 4.78 is 5.56. The van der Waals surface area contributed by atoms with E-state index in [9.17, 15) is 19.5 Å². The zero-order valence-electron chi connectivity index (χ0n) is 17.9. The Morgan fingerprint density at radius 2 is 1.75 bits per heavy atom. The molecule has 3 unspecified atom stereocenters. The van der Waals surface area contributed by atoms with Gasteiger partial charge in [0.2, 0.25) is 5.91 Å². The number of amides is 2. The highest BCUT2D eigenvalue weighted by Crippen LogP contribution is 2.58. The third-order valence-electron chi connectivity index (χ3n) is 7.23. The average Bonchev–Trinajstić information content (AvgIpc) is 3.23. The molecule has 2 aromatic rings. The number of likely N-dealkylation sites (tertiary alicyclic amines) is 1. The van der Waals surface area contributed by atoms with Crippen LogP contribution in [0, 0.1) is 11.3 Å². The van der Waals surface area contributed by atoms with Crippen LogP contribution in [0.15, 0.2) is 48.5 Å². The highest BCUT2D eigenvalue weighted by atomic mass is 16.5. The first-order valence-electron chi connectivity index (χ1n) is 11.1. The number of piperidine rings is 1. The van der Waals surface area contributed by atoms with Crippen molar-refractivity contribution < 1.29 is 24.2 Å². The minimum absolute atomic E-state index is 0.0240. The number of carbonyl (C=O) groups is 3. The van der Waals surface area contributed by atoms with Gasteiger partial charge in [0, 0.05) is 19.0 Å². The minimum Gasteiger partial charge on any atom is -0.481 e. The van der Waals surface area contributed by atoms with Gasteiger partial charge in [0.1, 0.15) is 12.6 Å². The van der Waals surface area contributed by atoms with E-state index in [1.54, 1.807) is 4.90 Å². The molecule has 1 saturated carbocycles. The predicted octanol–water partition coefficient (Wildman–Crippen LogP) is 3.24. The van der Waals surface area contributed by atoms with Gasteiger partial charge in [-0.05, 0) is 41.0 Å². The molecule has 3 atom stereocenters. The van der Waals surface area contributed by atoms with Gasteiger partial charge < -0.3 is 20.1 Å². The number of benzene rings is 2. The largest absolute Gasteiger partial charge is 0.481 e. The van der Waals surface area contributed by atoms with Gasteiger partial charge in [-0.2, -0.15) is 0 Å². The Bertz CT molecular complexity index is 1050. The Kier molecular flexibility index (Phi) is 4.92. The van der Waals surface area contributed by atoms with Crippen LogP contribution in [0.4, 0.5) is 4.79 Å². The maximum atomic E-state index is 12.9. The number of nitrogens with one attached hydrogen (secondary N) is 1. The fourth-order valence-electron chi connectivity index (χ4n) is 5.32. The van der Waals surface area contributed by atoms with E-state index in [1.165, 1.54) is 0 Å². The van der Waals surface area contributed by atoms with E-state index in [0.29, 0.717) is 19.4 Å². The number of nitrogens with zero attached hydrogens (tertiary/aromatic N) is 1. The number of carboxylic acid groups (broad SMARTS) is 1. The van der Waals surface area contributed by atoms with Crippen LogP contribution in [0.2, 0.25) is 0 Å². The van der Waals surface area contributed by atoms with E-state index in [0.717, 1.165) is 22.3 Å². The van der Waals surface area contributed by atoms with E-state index >= 15 is 0 Å². The molecule has 1 heterocycles. The first kappa shape index (κ1) is 20.5. The molecule has 2 N–H and O–H groups in total. The van der Waals surface area contributed by atoms with Crippen LogP contribution >= 0.6 is 0 Å². The van der Waals surface area contributed by atoms with Crippen molar-refractivity contribution in [2.45, 2.75) is 31.7 Å². The van der Waals surface area contributed by atoms with Gasteiger partial charge in [-0.3, -0.25) is 9.59 Å². The van der Waals surface area contributed by atoms with Gasteiger partial charge in [-0.15, -0.1) is 0 Å². The summed E-state index contributed by atoms with van der Waals surface area (Å²) in [7, 11) is 0. The number of carboxylic acids is 1. The first-order chi connectivity index (χ1) is 15.4. The second-order valence-electron chi connectivity index (χ2n) is 9.01. The van der Waals surface area contributed by atoms with Gasteiger partial charge in [-0.1, -0.05) is 55.5 Å². The van der Waals surface area contributed by atoms with Crippen molar-refractivity contribution in [1.82, 2.24) is 10.2 Å². The second kappa shape index (κ2) is 7.65. The fourth-order valence-corrected chi connectivity index (χ4v) is 5.32. The second-order valence-corrected chi connectivity index (χ2v) is 9.01. The summed E-state index contributed by atoms with van der Waals surface area (Å²) >= 11 is 0. The molecule has 166 valence electrons. The summed E-state index contributed by atoms with van der Waals surface area (Å²) in [6, 6.07) is 15.5. The lowest BCUT2D eigenvalue weighted by molar-refractivity contribution is -0.144. The number of hydrogen-bond donors (Lipinski definition) is 2. The Morgan fingerprint density at radius 3 is 2.31 bits per heavy atom. The summed E-state index contributed by atoms with van der Waals surface area (Å²) in [5.41, 5.74) is 3.77. The third-order valence-corrected chi connectivity index (χ3v) is 7.23. The molecule has 0 aromatic heterocycles. The summed E-state index contributed by atoms with van der Waals surface area (Å²) in [4.78, 5) is 38.5. The number of hydrogen-bond acceptors (Lipinski definition) is 4. The van der Waals surface area contributed by atoms with Crippen LogP contribution < -0.4 is 5.32 Å².